The Kier molecular flexibility index (Phi) is 9.21. The van der Waals surface area contributed by atoms with Gasteiger partial charge in [0, 0.05) is 6.54 Å². The van der Waals surface area contributed by atoms with Crippen molar-refractivity contribution in [3.8, 4) is 0 Å². The highest BCUT2D eigenvalue weighted by Gasteiger charge is 2.70. The van der Waals surface area contributed by atoms with Crippen LogP contribution >= 0.6 is 0 Å². The van der Waals surface area contributed by atoms with Crippen LogP contribution in [-0.4, -0.2) is 71.1 Å². The fourth-order valence-electron chi connectivity index (χ4n) is 6.91. The number of benzene rings is 1. The molecule has 12 nitrogen and oxygen atoms in total. The van der Waals surface area contributed by atoms with Crippen LogP contribution in [0, 0.1) is 34.5 Å². The Hall–Kier alpha value is -3.96. The van der Waals surface area contributed by atoms with E-state index >= 15 is 0 Å². The van der Waals surface area contributed by atoms with Gasteiger partial charge in [-0.15, -0.1) is 0 Å². The number of carbonyl (C=O) groups is 6. The van der Waals surface area contributed by atoms with Gasteiger partial charge in [0.25, 0.3) is 5.91 Å². The highest BCUT2D eigenvalue weighted by Crippen LogP contribution is 2.65. The molecule has 5 N–H and O–H groups in total. The van der Waals surface area contributed by atoms with E-state index < -0.39 is 65.1 Å². The third-order valence-corrected chi connectivity index (χ3v) is 10.1. The zero-order chi connectivity index (χ0) is 33.6. The number of nitrogens with zero attached hydrogens (tertiary/aromatic N) is 1. The number of likely N-dealkylation sites (tertiary alicyclic amines) is 1. The lowest BCUT2D eigenvalue weighted by Crippen LogP contribution is -2.62. The Balaban J connectivity index is 1.28. The maximum absolute atomic E-state index is 14.2. The van der Waals surface area contributed by atoms with Crippen LogP contribution in [0.3, 0.4) is 0 Å². The number of esters is 1. The van der Waals surface area contributed by atoms with Crippen molar-refractivity contribution in [2.75, 3.05) is 6.54 Å². The van der Waals surface area contributed by atoms with Gasteiger partial charge in [-0.2, -0.15) is 0 Å². The normalized spacial score (nSPS) is 24.9. The van der Waals surface area contributed by atoms with Crippen LogP contribution in [0.5, 0.6) is 0 Å². The maximum atomic E-state index is 14.2. The van der Waals surface area contributed by atoms with Crippen molar-refractivity contribution in [2.45, 2.75) is 97.5 Å². The van der Waals surface area contributed by atoms with Crippen LogP contribution in [-0.2, 0) is 35.3 Å². The van der Waals surface area contributed by atoms with Crippen molar-refractivity contribution in [1.82, 2.24) is 20.9 Å². The number of hydrogen-bond acceptors (Lipinski definition) is 7. The van der Waals surface area contributed by atoms with Gasteiger partial charge in [-0.05, 0) is 59.3 Å². The summed E-state index contributed by atoms with van der Waals surface area (Å²) in [7, 11) is 0. The SMILES string of the molecule is CC(C)(C)[C@H](NC(=O)N[C@H](C(=O)OCc1ccccc1)C1CC1)C(=O)N1C[C@H]2[C@@H]([C@H]1C(=O)NC(CC1CC1)C(=O)C(N)=O)C2(C)C. The molecule has 12 heteroatoms. The molecule has 0 radical (unpaired) electrons. The zero-order valence-corrected chi connectivity index (χ0v) is 27.3. The molecule has 0 bridgehead atoms. The molecule has 1 aromatic rings. The van der Waals surface area contributed by atoms with E-state index in [1.54, 1.807) is 0 Å². The molecule has 1 saturated heterocycles. The summed E-state index contributed by atoms with van der Waals surface area (Å²) in [6.45, 7) is 9.93. The van der Waals surface area contributed by atoms with E-state index in [9.17, 15) is 28.8 Å². The molecule has 1 aromatic carbocycles. The largest absolute Gasteiger partial charge is 0.459 e. The van der Waals surface area contributed by atoms with Crippen molar-refractivity contribution in [3.05, 3.63) is 35.9 Å². The van der Waals surface area contributed by atoms with E-state index in [2.05, 4.69) is 16.0 Å². The number of rotatable bonds is 13. The number of hydrogen-bond donors (Lipinski definition) is 4. The lowest BCUT2D eigenvalue weighted by atomic mass is 9.85. The fourth-order valence-corrected chi connectivity index (χ4v) is 6.91. The van der Waals surface area contributed by atoms with Gasteiger partial charge in [0.1, 0.15) is 24.7 Å². The fraction of sp³-hybridized carbons (Fsp3) is 0.647. The third-order valence-electron chi connectivity index (χ3n) is 10.1. The first-order chi connectivity index (χ1) is 21.6. The van der Waals surface area contributed by atoms with Crippen molar-refractivity contribution in [3.63, 3.8) is 0 Å². The number of nitrogens with one attached hydrogen (secondary N) is 3. The second-order valence-electron chi connectivity index (χ2n) is 15.2. The highest BCUT2D eigenvalue weighted by molar-refractivity contribution is 6.37. The summed E-state index contributed by atoms with van der Waals surface area (Å²) >= 11 is 0. The van der Waals surface area contributed by atoms with E-state index in [4.69, 9.17) is 10.5 Å². The number of carbonyl (C=O) groups excluding carboxylic acids is 6. The maximum Gasteiger partial charge on any atom is 0.329 e. The number of nitrogens with two attached hydrogens (primary N) is 1. The molecule has 46 heavy (non-hydrogen) atoms. The van der Waals surface area contributed by atoms with E-state index in [0.29, 0.717) is 13.0 Å². The summed E-state index contributed by atoms with van der Waals surface area (Å²) in [6.07, 6.45) is 3.70. The van der Waals surface area contributed by atoms with Crippen LogP contribution in [0.25, 0.3) is 0 Å². The van der Waals surface area contributed by atoms with Gasteiger partial charge in [-0.1, -0.05) is 77.8 Å². The van der Waals surface area contributed by atoms with Gasteiger partial charge >= 0.3 is 12.0 Å². The first-order valence-electron chi connectivity index (χ1n) is 16.3. The summed E-state index contributed by atoms with van der Waals surface area (Å²) in [6, 6.07) is 4.78. The summed E-state index contributed by atoms with van der Waals surface area (Å²) in [5.74, 6) is -3.31. The Morgan fingerprint density at radius 1 is 0.978 bits per heavy atom. The number of ether oxygens (including phenoxy) is 1. The average molecular weight is 638 g/mol. The first kappa shape index (κ1) is 33.4. The minimum atomic E-state index is -1.11. The Bertz CT molecular complexity index is 1380. The van der Waals surface area contributed by atoms with Crippen molar-refractivity contribution in [2.24, 2.45) is 40.2 Å². The average Bonchev–Trinajstić information content (AvgIpc) is 3.95. The van der Waals surface area contributed by atoms with Gasteiger partial charge in [-0.25, -0.2) is 9.59 Å². The van der Waals surface area contributed by atoms with Gasteiger partial charge in [0.05, 0.1) is 6.04 Å². The molecule has 0 spiro atoms. The monoisotopic (exact) mass is 637 g/mol. The number of amides is 5. The standard InChI is InChI=1S/C34H47N5O7/c1-33(2,3)27(38-32(45)37-24(20-13-14-20)31(44)46-17-19-9-7-6-8-10-19)30(43)39-16-21-23(34(21,4)5)25(39)29(42)36-22(15-18-11-12-18)26(40)28(35)41/h6-10,18,20-25,27H,11-17H2,1-5H3,(H2,35,41)(H,36,42)(H2,37,38,45)/t21-,22?,23-,24-,25-,27+/m0/s1. The highest BCUT2D eigenvalue weighted by atomic mass is 16.5. The molecule has 3 aliphatic carbocycles. The molecule has 6 atom stereocenters. The van der Waals surface area contributed by atoms with Crippen molar-refractivity contribution < 1.29 is 33.5 Å². The van der Waals surface area contributed by atoms with Gasteiger partial charge in [0.15, 0.2) is 0 Å². The minimum absolute atomic E-state index is 0.0505. The van der Waals surface area contributed by atoms with E-state index in [1.165, 1.54) is 4.90 Å². The quantitative estimate of drug-likeness (QED) is 0.189. The molecule has 5 amide bonds. The first-order valence-corrected chi connectivity index (χ1v) is 16.3. The van der Waals surface area contributed by atoms with Crippen molar-refractivity contribution >= 4 is 35.5 Å². The molecule has 1 unspecified atom stereocenters. The predicted molar refractivity (Wildman–Crippen MR) is 167 cm³/mol. The molecule has 0 aromatic heterocycles. The number of fused-ring (bicyclic) bond motifs is 1. The van der Waals surface area contributed by atoms with Crippen LogP contribution in [0.15, 0.2) is 30.3 Å². The molecule has 5 rings (SSSR count). The molecular weight excluding hydrogens is 590 g/mol. The molecular formula is C34H47N5O7. The summed E-state index contributed by atoms with van der Waals surface area (Å²) < 4.78 is 5.51. The zero-order valence-electron chi connectivity index (χ0n) is 27.3. The summed E-state index contributed by atoms with van der Waals surface area (Å²) in [5.41, 5.74) is 5.17. The molecule has 1 aliphatic heterocycles. The molecule has 4 fully saturated rings. The van der Waals surface area contributed by atoms with Crippen LogP contribution in [0.2, 0.25) is 0 Å². The minimum Gasteiger partial charge on any atom is -0.459 e. The van der Waals surface area contributed by atoms with Crippen molar-refractivity contribution in [1.29, 1.82) is 0 Å². The topological polar surface area (TPSA) is 177 Å². The summed E-state index contributed by atoms with van der Waals surface area (Å²) in [4.78, 5) is 80.3. The predicted octanol–water partition coefficient (Wildman–Crippen LogP) is 2.04. The Labute approximate surface area is 269 Å². The second kappa shape index (κ2) is 12.7. The smallest absolute Gasteiger partial charge is 0.329 e. The molecule has 1 heterocycles. The van der Waals surface area contributed by atoms with Crippen LogP contribution < -0.4 is 21.7 Å². The van der Waals surface area contributed by atoms with E-state index in [-0.39, 0.29) is 35.7 Å². The lowest BCUT2D eigenvalue weighted by molar-refractivity contribution is -0.147. The number of primary amides is 1. The van der Waals surface area contributed by atoms with E-state index in [1.807, 2.05) is 65.0 Å². The second-order valence-corrected chi connectivity index (χ2v) is 15.2. The van der Waals surface area contributed by atoms with Gasteiger partial charge in [0.2, 0.25) is 17.6 Å². The number of piperidine rings is 1. The lowest BCUT2D eigenvalue weighted by Gasteiger charge is -2.38. The molecule has 3 saturated carbocycles. The van der Waals surface area contributed by atoms with Crippen LogP contribution in [0.4, 0.5) is 4.79 Å². The third kappa shape index (κ3) is 7.36. The Morgan fingerprint density at radius 3 is 2.20 bits per heavy atom. The number of Topliss-reactive ketones (excluding diaryl/α,β-unsaturated/α-hetero) is 1. The van der Waals surface area contributed by atoms with Gasteiger partial charge in [-0.3, -0.25) is 19.2 Å². The number of ketones is 1. The molecule has 250 valence electrons. The Morgan fingerprint density at radius 2 is 1.63 bits per heavy atom. The summed E-state index contributed by atoms with van der Waals surface area (Å²) in [5, 5.41) is 8.30. The van der Waals surface area contributed by atoms with Crippen LogP contribution in [0.1, 0.15) is 72.3 Å². The molecule has 4 aliphatic rings. The van der Waals surface area contributed by atoms with Gasteiger partial charge < -0.3 is 31.3 Å². The number of urea groups is 1. The van der Waals surface area contributed by atoms with E-state index in [0.717, 1.165) is 31.2 Å².